The van der Waals surface area contributed by atoms with Crippen LogP contribution < -0.4 is 10.1 Å². The predicted molar refractivity (Wildman–Crippen MR) is 128 cm³/mol. The van der Waals surface area contributed by atoms with Crippen LogP contribution in [0.1, 0.15) is 30.9 Å². The maximum atomic E-state index is 13.7. The van der Waals surface area contributed by atoms with Crippen LogP contribution in [0.3, 0.4) is 0 Å². The molecule has 0 amide bonds. The highest BCUT2D eigenvalue weighted by atomic mass is 32.2. The zero-order valence-electron chi connectivity index (χ0n) is 19.7. The standard InChI is InChI=1S/C26H30FNO5S/c1-26(32-3)13-11-19-8-7-18-9-10-22(31-2)15-20(18)12-14-28-17-24(19)25(26)33-34(29,30)23-6-4-5-21(27)16-23/h4-6,9-11,15-16,28H,7-8,12-14,17H2,1-3H3. The first-order valence-electron chi connectivity index (χ1n) is 11.3. The molecule has 4 rings (SSSR count). The molecule has 0 saturated heterocycles. The van der Waals surface area contributed by atoms with Gasteiger partial charge in [-0.1, -0.05) is 18.2 Å². The molecule has 2 aliphatic rings. The Morgan fingerprint density at radius 1 is 1.03 bits per heavy atom. The lowest BCUT2D eigenvalue weighted by atomic mass is 9.83. The maximum Gasteiger partial charge on any atom is 0.339 e. The molecule has 0 radical (unpaired) electrons. The topological polar surface area (TPSA) is 73.9 Å². The molecule has 0 aromatic heterocycles. The van der Waals surface area contributed by atoms with Crippen LogP contribution in [0, 0.1) is 5.82 Å². The van der Waals surface area contributed by atoms with Crippen molar-refractivity contribution in [3.63, 3.8) is 0 Å². The van der Waals surface area contributed by atoms with Crippen molar-refractivity contribution in [2.75, 3.05) is 27.3 Å². The molecular weight excluding hydrogens is 457 g/mol. The second-order valence-electron chi connectivity index (χ2n) is 8.73. The Hall–Kier alpha value is -2.68. The molecule has 2 aromatic rings. The summed E-state index contributed by atoms with van der Waals surface area (Å²) in [5.74, 6) is 0.443. The molecule has 0 spiro atoms. The summed E-state index contributed by atoms with van der Waals surface area (Å²) in [5.41, 5.74) is 3.31. The molecule has 1 unspecified atom stereocenters. The molecule has 8 heteroatoms. The highest BCUT2D eigenvalue weighted by molar-refractivity contribution is 7.86. The Morgan fingerprint density at radius 2 is 1.85 bits per heavy atom. The summed E-state index contributed by atoms with van der Waals surface area (Å²) in [6, 6.07) is 11.0. The zero-order chi connectivity index (χ0) is 24.3. The fourth-order valence-corrected chi connectivity index (χ4v) is 5.55. The van der Waals surface area contributed by atoms with Gasteiger partial charge in [0.1, 0.15) is 22.1 Å². The van der Waals surface area contributed by atoms with Crippen LogP contribution in [0.5, 0.6) is 5.75 Å². The average Bonchev–Trinajstić information content (AvgIpc) is 2.83. The second kappa shape index (κ2) is 9.90. The van der Waals surface area contributed by atoms with Gasteiger partial charge in [0, 0.05) is 25.6 Å². The second-order valence-corrected chi connectivity index (χ2v) is 10.3. The summed E-state index contributed by atoms with van der Waals surface area (Å²) in [6.45, 7) is 2.94. The van der Waals surface area contributed by atoms with Gasteiger partial charge in [0.15, 0.2) is 5.76 Å². The Kier molecular flexibility index (Phi) is 7.12. The van der Waals surface area contributed by atoms with Crippen LogP contribution in [-0.4, -0.2) is 41.3 Å². The van der Waals surface area contributed by atoms with Crippen molar-refractivity contribution in [2.45, 2.75) is 43.1 Å². The smallest absolute Gasteiger partial charge is 0.339 e. The third kappa shape index (κ3) is 5.04. The molecule has 1 aliphatic carbocycles. The van der Waals surface area contributed by atoms with Gasteiger partial charge in [-0.25, -0.2) is 4.39 Å². The van der Waals surface area contributed by atoms with Crippen molar-refractivity contribution >= 4 is 10.1 Å². The van der Waals surface area contributed by atoms with E-state index in [4.69, 9.17) is 13.7 Å². The normalized spacial score (nSPS) is 21.2. The first-order chi connectivity index (χ1) is 16.3. The average molecular weight is 488 g/mol. The zero-order valence-corrected chi connectivity index (χ0v) is 20.5. The molecule has 1 aliphatic heterocycles. The number of halogens is 1. The largest absolute Gasteiger partial charge is 0.497 e. The third-order valence-electron chi connectivity index (χ3n) is 6.56. The van der Waals surface area contributed by atoms with Crippen LogP contribution in [0.4, 0.5) is 4.39 Å². The summed E-state index contributed by atoms with van der Waals surface area (Å²) in [5, 5.41) is 3.43. The quantitative estimate of drug-likeness (QED) is 0.634. The van der Waals surface area contributed by atoms with E-state index < -0.39 is 21.5 Å². The highest BCUT2D eigenvalue weighted by Gasteiger charge is 2.39. The van der Waals surface area contributed by atoms with Gasteiger partial charge in [0.25, 0.3) is 0 Å². The van der Waals surface area contributed by atoms with Crippen molar-refractivity contribution < 1.29 is 26.5 Å². The van der Waals surface area contributed by atoms with E-state index in [-0.39, 0.29) is 10.7 Å². The number of hydrogen-bond acceptors (Lipinski definition) is 6. The number of ether oxygens (including phenoxy) is 2. The van der Waals surface area contributed by atoms with Gasteiger partial charge < -0.3 is 19.0 Å². The van der Waals surface area contributed by atoms with E-state index in [0.717, 1.165) is 42.2 Å². The van der Waals surface area contributed by atoms with Gasteiger partial charge >= 0.3 is 10.1 Å². The number of rotatable bonds is 5. The van der Waals surface area contributed by atoms with Crippen molar-refractivity contribution in [3.8, 4) is 5.75 Å². The van der Waals surface area contributed by atoms with Gasteiger partial charge in [-0.2, -0.15) is 8.42 Å². The van der Waals surface area contributed by atoms with E-state index in [0.29, 0.717) is 19.5 Å². The lowest BCUT2D eigenvalue weighted by Crippen LogP contribution is -2.38. The van der Waals surface area contributed by atoms with E-state index in [9.17, 15) is 12.8 Å². The number of benzene rings is 2. The Balaban J connectivity index is 1.71. The lowest BCUT2D eigenvalue weighted by molar-refractivity contribution is 0.00949. The molecule has 0 bridgehead atoms. The molecule has 0 fully saturated rings. The number of fused-ring (bicyclic) bond motifs is 2. The summed E-state index contributed by atoms with van der Waals surface area (Å²) >= 11 is 0. The van der Waals surface area contributed by atoms with E-state index >= 15 is 0 Å². The minimum atomic E-state index is -4.25. The molecule has 6 nitrogen and oxygen atoms in total. The van der Waals surface area contributed by atoms with Crippen LogP contribution in [-0.2, 0) is 31.9 Å². The SMILES string of the molecule is COc1ccc2c(c1)CCNCC1=C(OS(=O)(=O)c3cccc(F)c3)C(C)(OC)CC=C1CC2. The first kappa shape index (κ1) is 24.4. The number of aryl methyl sites for hydroxylation is 1. The van der Waals surface area contributed by atoms with Crippen LogP contribution in [0.25, 0.3) is 0 Å². The molecule has 34 heavy (non-hydrogen) atoms. The van der Waals surface area contributed by atoms with Crippen LogP contribution in [0.15, 0.2) is 70.3 Å². The predicted octanol–water partition coefficient (Wildman–Crippen LogP) is 4.31. The van der Waals surface area contributed by atoms with Crippen LogP contribution in [0.2, 0.25) is 0 Å². The van der Waals surface area contributed by atoms with E-state index in [2.05, 4.69) is 23.5 Å². The number of methoxy groups -OCH3 is 2. The van der Waals surface area contributed by atoms with Gasteiger partial charge in [0.2, 0.25) is 0 Å². The Labute approximate surface area is 200 Å². The fraction of sp³-hybridized carbons (Fsp3) is 0.385. The van der Waals surface area contributed by atoms with Crippen molar-refractivity contribution in [1.82, 2.24) is 5.32 Å². The minimum absolute atomic E-state index is 0.231. The summed E-state index contributed by atoms with van der Waals surface area (Å²) in [7, 11) is -1.06. The lowest BCUT2D eigenvalue weighted by Gasteiger charge is -2.36. The van der Waals surface area contributed by atoms with Crippen molar-refractivity contribution in [2.24, 2.45) is 0 Å². The van der Waals surface area contributed by atoms with E-state index in [1.165, 1.54) is 36.4 Å². The third-order valence-corrected chi connectivity index (χ3v) is 7.78. The van der Waals surface area contributed by atoms with E-state index in [1.807, 2.05) is 13.0 Å². The number of nitrogens with one attached hydrogen (secondary N) is 1. The summed E-state index contributed by atoms with van der Waals surface area (Å²) in [4.78, 5) is -0.231. The highest BCUT2D eigenvalue weighted by Crippen LogP contribution is 2.40. The van der Waals surface area contributed by atoms with E-state index in [1.54, 1.807) is 7.11 Å². The molecule has 1 N–H and O–H groups in total. The van der Waals surface area contributed by atoms with Crippen molar-refractivity contribution in [1.29, 1.82) is 0 Å². The minimum Gasteiger partial charge on any atom is -0.497 e. The van der Waals surface area contributed by atoms with Gasteiger partial charge in [-0.05, 0) is 79.8 Å². The van der Waals surface area contributed by atoms with Crippen LogP contribution >= 0.6 is 0 Å². The molecule has 0 saturated carbocycles. The molecule has 1 atom stereocenters. The Morgan fingerprint density at radius 3 is 2.59 bits per heavy atom. The molecule has 1 heterocycles. The van der Waals surface area contributed by atoms with Crippen molar-refractivity contribution in [3.05, 3.63) is 82.4 Å². The molecule has 182 valence electrons. The Bertz CT molecular complexity index is 1240. The molecule has 2 aromatic carbocycles. The first-order valence-corrected chi connectivity index (χ1v) is 12.7. The fourth-order valence-electron chi connectivity index (χ4n) is 4.45. The summed E-state index contributed by atoms with van der Waals surface area (Å²) in [6.07, 6.45) is 4.92. The summed E-state index contributed by atoms with van der Waals surface area (Å²) < 4.78 is 56.8. The van der Waals surface area contributed by atoms with Gasteiger partial charge in [-0.3, -0.25) is 0 Å². The molecular formula is C26H30FNO5S. The van der Waals surface area contributed by atoms with Gasteiger partial charge in [0.05, 0.1) is 7.11 Å². The van der Waals surface area contributed by atoms with Gasteiger partial charge in [-0.15, -0.1) is 0 Å². The maximum absolute atomic E-state index is 13.7. The number of hydrogen-bond donors (Lipinski definition) is 1. The monoisotopic (exact) mass is 487 g/mol.